The lowest BCUT2D eigenvalue weighted by Crippen LogP contribution is -2.42. The van der Waals surface area contributed by atoms with Gasteiger partial charge in [-0.15, -0.1) is 0 Å². The number of ether oxygens (including phenoxy) is 1. The number of hydrogen-bond acceptors (Lipinski definition) is 4. The van der Waals surface area contributed by atoms with Crippen LogP contribution in [0.25, 0.3) is 11.4 Å². The number of benzene rings is 2. The van der Waals surface area contributed by atoms with Crippen molar-refractivity contribution in [3.05, 3.63) is 71.0 Å². The van der Waals surface area contributed by atoms with Crippen molar-refractivity contribution in [2.45, 2.75) is 6.10 Å². The van der Waals surface area contributed by atoms with E-state index in [9.17, 15) is 4.79 Å². The first-order chi connectivity index (χ1) is 13.1. The zero-order valence-electron chi connectivity index (χ0n) is 14.9. The highest BCUT2D eigenvalue weighted by Gasteiger charge is 2.27. The fourth-order valence-electron chi connectivity index (χ4n) is 3.17. The van der Waals surface area contributed by atoms with Gasteiger partial charge in [-0.05, 0) is 18.2 Å². The number of amides is 1. The van der Waals surface area contributed by atoms with Crippen LogP contribution in [0.4, 0.5) is 0 Å². The molecule has 1 fully saturated rings. The molecule has 7 heteroatoms. The van der Waals surface area contributed by atoms with Crippen molar-refractivity contribution in [1.82, 2.24) is 19.7 Å². The van der Waals surface area contributed by atoms with Crippen LogP contribution in [-0.2, 0) is 11.8 Å². The van der Waals surface area contributed by atoms with Crippen LogP contribution in [-0.4, -0.2) is 45.3 Å². The fourth-order valence-corrected chi connectivity index (χ4v) is 3.43. The highest BCUT2D eigenvalue weighted by atomic mass is 35.5. The molecule has 4 rings (SSSR count). The highest BCUT2D eigenvalue weighted by molar-refractivity contribution is 6.31. The number of aryl methyl sites for hydroxylation is 1. The summed E-state index contributed by atoms with van der Waals surface area (Å²) >= 11 is 6.28. The van der Waals surface area contributed by atoms with Gasteiger partial charge in [0, 0.05) is 35.3 Å². The molecule has 1 aliphatic rings. The average molecular weight is 383 g/mol. The van der Waals surface area contributed by atoms with Gasteiger partial charge in [0.1, 0.15) is 12.4 Å². The highest BCUT2D eigenvalue weighted by Crippen LogP contribution is 2.29. The largest absolute Gasteiger partial charge is 0.370 e. The van der Waals surface area contributed by atoms with Crippen molar-refractivity contribution in [3.63, 3.8) is 0 Å². The van der Waals surface area contributed by atoms with Gasteiger partial charge in [0.05, 0.1) is 13.2 Å². The molecule has 0 N–H and O–H groups in total. The third kappa shape index (κ3) is 3.72. The predicted molar refractivity (Wildman–Crippen MR) is 102 cm³/mol. The van der Waals surface area contributed by atoms with Crippen LogP contribution >= 0.6 is 11.6 Å². The van der Waals surface area contributed by atoms with E-state index in [1.54, 1.807) is 11.0 Å². The number of nitrogens with zero attached hydrogens (tertiary/aromatic N) is 4. The number of carbonyl (C=O) groups excluding carboxylic acids is 1. The predicted octanol–water partition coefficient (Wildman–Crippen LogP) is 3.35. The fraction of sp³-hybridized carbons (Fsp3) is 0.250. The van der Waals surface area contributed by atoms with Crippen LogP contribution in [0.2, 0.25) is 5.02 Å². The van der Waals surface area contributed by atoms with Crippen molar-refractivity contribution in [2.75, 3.05) is 19.7 Å². The van der Waals surface area contributed by atoms with Crippen molar-refractivity contribution in [2.24, 2.45) is 7.05 Å². The number of hydrogen-bond donors (Lipinski definition) is 0. The molecule has 0 saturated carbocycles. The van der Waals surface area contributed by atoms with Gasteiger partial charge in [-0.1, -0.05) is 41.9 Å². The molecule has 0 bridgehead atoms. The molecule has 2 heterocycles. The summed E-state index contributed by atoms with van der Waals surface area (Å²) in [5, 5.41) is 4.93. The average Bonchev–Trinajstić information content (AvgIpc) is 3.14. The molecule has 138 valence electrons. The maximum atomic E-state index is 12.9. The normalized spacial score (nSPS) is 17.1. The lowest BCUT2D eigenvalue weighted by atomic mass is 10.1. The van der Waals surface area contributed by atoms with E-state index in [2.05, 4.69) is 10.1 Å². The third-order valence-electron chi connectivity index (χ3n) is 4.60. The summed E-state index contributed by atoms with van der Waals surface area (Å²) in [7, 11) is 1.82. The van der Waals surface area contributed by atoms with Crippen LogP contribution in [0.1, 0.15) is 22.0 Å². The minimum absolute atomic E-state index is 0.0177. The van der Waals surface area contributed by atoms with E-state index in [-0.39, 0.29) is 12.0 Å². The number of halogens is 1. The number of aromatic nitrogens is 3. The zero-order valence-corrected chi connectivity index (χ0v) is 15.6. The lowest BCUT2D eigenvalue weighted by molar-refractivity contribution is -0.0227. The van der Waals surface area contributed by atoms with Crippen LogP contribution in [0.5, 0.6) is 0 Å². The molecule has 2 aromatic carbocycles. The van der Waals surface area contributed by atoms with Crippen molar-refractivity contribution in [1.29, 1.82) is 0 Å². The van der Waals surface area contributed by atoms with Gasteiger partial charge >= 0.3 is 0 Å². The van der Waals surface area contributed by atoms with Gasteiger partial charge in [-0.25, -0.2) is 4.98 Å². The molecule has 27 heavy (non-hydrogen) atoms. The Hall–Kier alpha value is -2.70. The Bertz CT molecular complexity index is 955. The quantitative estimate of drug-likeness (QED) is 0.697. The summed E-state index contributed by atoms with van der Waals surface area (Å²) in [6.45, 7) is 1.52. The summed E-state index contributed by atoms with van der Waals surface area (Å²) in [4.78, 5) is 19.0. The molecule has 1 aromatic heterocycles. The van der Waals surface area contributed by atoms with E-state index >= 15 is 0 Å². The molecule has 6 nitrogen and oxygen atoms in total. The van der Waals surface area contributed by atoms with Gasteiger partial charge in [-0.2, -0.15) is 5.10 Å². The molecule has 1 atom stereocenters. The molecule has 0 spiro atoms. The maximum Gasteiger partial charge on any atom is 0.254 e. The molecule has 3 aromatic rings. The smallest absolute Gasteiger partial charge is 0.254 e. The van der Waals surface area contributed by atoms with Gasteiger partial charge in [0.25, 0.3) is 5.91 Å². The van der Waals surface area contributed by atoms with E-state index in [1.807, 2.05) is 60.5 Å². The first kappa shape index (κ1) is 17.7. The molecule has 0 aliphatic carbocycles. The van der Waals surface area contributed by atoms with Crippen LogP contribution in [0.3, 0.4) is 0 Å². The second-order valence-electron chi connectivity index (χ2n) is 6.45. The lowest BCUT2D eigenvalue weighted by Gasteiger charge is -2.33. The Kier molecular flexibility index (Phi) is 4.92. The van der Waals surface area contributed by atoms with Crippen LogP contribution in [0, 0.1) is 0 Å². The first-order valence-electron chi connectivity index (χ1n) is 8.73. The summed E-state index contributed by atoms with van der Waals surface area (Å²) < 4.78 is 7.49. The topological polar surface area (TPSA) is 60.2 Å². The molecule has 1 aliphatic heterocycles. The third-order valence-corrected chi connectivity index (χ3v) is 4.94. The SMILES string of the molecule is Cn1cnc(-c2ccc(C(=O)N3CCOC(c4ccccc4Cl)C3)cc2)n1. The van der Waals surface area contributed by atoms with Gasteiger partial charge in [0.15, 0.2) is 5.82 Å². The number of morpholine rings is 1. The second kappa shape index (κ2) is 7.50. The van der Waals surface area contributed by atoms with Crippen LogP contribution < -0.4 is 0 Å². The Morgan fingerprint density at radius 3 is 2.67 bits per heavy atom. The van der Waals surface area contributed by atoms with Crippen molar-refractivity contribution < 1.29 is 9.53 Å². The molecule has 1 amide bonds. The van der Waals surface area contributed by atoms with Gasteiger partial charge < -0.3 is 9.64 Å². The van der Waals surface area contributed by atoms with Crippen molar-refractivity contribution in [3.8, 4) is 11.4 Å². The standard InChI is InChI=1S/C20H19ClN4O2/c1-24-13-22-19(23-24)14-6-8-15(9-7-14)20(26)25-10-11-27-18(12-25)16-4-2-3-5-17(16)21/h2-9,13,18H,10-12H2,1H3. The Morgan fingerprint density at radius 2 is 1.96 bits per heavy atom. The van der Waals surface area contributed by atoms with Crippen LogP contribution in [0.15, 0.2) is 54.9 Å². The summed E-state index contributed by atoms with van der Waals surface area (Å²) in [6.07, 6.45) is 1.44. The number of rotatable bonds is 3. The number of carbonyl (C=O) groups is 1. The second-order valence-corrected chi connectivity index (χ2v) is 6.86. The van der Waals surface area contributed by atoms with Gasteiger partial charge in [-0.3, -0.25) is 9.48 Å². The Morgan fingerprint density at radius 1 is 1.19 bits per heavy atom. The summed E-state index contributed by atoms with van der Waals surface area (Å²) in [6, 6.07) is 15.0. The van der Waals surface area contributed by atoms with Gasteiger partial charge in [0.2, 0.25) is 0 Å². The molecular formula is C20H19ClN4O2. The van der Waals surface area contributed by atoms with E-state index in [4.69, 9.17) is 16.3 Å². The van der Waals surface area contributed by atoms with Crippen molar-refractivity contribution >= 4 is 17.5 Å². The zero-order chi connectivity index (χ0) is 18.8. The summed E-state index contributed by atoms with van der Waals surface area (Å²) in [5.74, 6) is 0.623. The molecule has 1 saturated heterocycles. The minimum atomic E-state index is -0.214. The Balaban J connectivity index is 1.49. The van der Waals surface area contributed by atoms with E-state index in [0.29, 0.717) is 36.1 Å². The molecule has 0 radical (unpaired) electrons. The van der Waals surface area contributed by atoms with E-state index in [0.717, 1.165) is 11.1 Å². The van der Waals surface area contributed by atoms with E-state index < -0.39 is 0 Å². The maximum absolute atomic E-state index is 12.9. The Labute approximate surface area is 162 Å². The monoisotopic (exact) mass is 382 g/mol. The molecule has 1 unspecified atom stereocenters. The summed E-state index contributed by atoms with van der Waals surface area (Å²) in [5.41, 5.74) is 2.42. The van der Waals surface area contributed by atoms with E-state index in [1.165, 1.54) is 0 Å². The minimum Gasteiger partial charge on any atom is -0.370 e. The first-order valence-corrected chi connectivity index (χ1v) is 9.11. The molecular weight excluding hydrogens is 364 g/mol.